The summed E-state index contributed by atoms with van der Waals surface area (Å²) < 4.78 is 1.85. The number of non-ortho nitro benzene ring substituents is 1. The number of benzene rings is 2. The van der Waals surface area contributed by atoms with Crippen LogP contribution in [0.25, 0.3) is 11.0 Å². The number of nitro benzene ring substituents is 1. The number of carbonyl (C=O) groups is 1. The topological polar surface area (TPSA) is 78.0 Å². The number of nitrogens with zero attached hydrogens (tertiary/aromatic N) is 3. The normalized spacial score (nSPS) is 10.8. The molecule has 0 amide bonds. The minimum absolute atomic E-state index is 0.0377. The highest BCUT2D eigenvalue weighted by Crippen LogP contribution is 2.26. The van der Waals surface area contributed by atoms with Crippen molar-refractivity contribution in [1.82, 2.24) is 9.55 Å². The van der Waals surface area contributed by atoms with Crippen LogP contribution in [0.3, 0.4) is 0 Å². The van der Waals surface area contributed by atoms with E-state index < -0.39 is 4.92 Å². The lowest BCUT2D eigenvalue weighted by Crippen LogP contribution is -1.98. The number of hydrogen-bond acceptors (Lipinski definition) is 5. The molecule has 0 spiro atoms. The van der Waals surface area contributed by atoms with Crippen LogP contribution in [-0.2, 0) is 7.05 Å². The van der Waals surface area contributed by atoms with Gasteiger partial charge in [-0.3, -0.25) is 14.9 Å². The Balaban J connectivity index is 1.86. The van der Waals surface area contributed by atoms with Gasteiger partial charge in [0.2, 0.25) is 5.12 Å². The molecule has 0 aliphatic rings. The quantitative estimate of drug-likeness (QED) is 0.420. The largest absolute Gasteiger partial charge is 0.322 e. The third kappa shape index (κ3) is 2.58. The van der Waals surface area contributed by atoms with Crippen LogP contribution in [0.15, 0.2) is 53.7 Å². The number of fused-ring (bicyclic) bond motifs is 1. The fourth-order valence-electron chi connectivity index (χ4n) is 2.08. The first-order valence-corrected chi connectivity index (χ1v) is 7.26. The summed E-state index contributed by atoms with van der Waals surface area (Å²) in [6, 6.07) is 13.2. The van der Waals surface area contributed by atoms with E-state index in [0.29, 0.717) is 10.7 Å². The Bertz CT molecular complexity index is 871. The zero-order valence-corrected chi connectivity index (χ0v) is 12.4. The fraction of sp³-hybridized carbons (Fsp3) is 0.0667. The lowest BCUT2D eigenvalue weighted by Gasteiger charge is -2.01. The van der Waals surface area contributed by atoms with Gasteiger partial charge in [0, 0.05) is 24.7 Å². The second-order valence-electron chi connectivity index (χ2n) is 4.64. The first-order chi connectivity index (χ1) is 10.6. The number of aryl methyl sites for hydroxylation is 1. The molecule has 0 aliphatic carbocycles. The number of para-hydroxylation sites is 2. The number of nitro groups is 1. The molecule has 0 aliphatic heterocycles. The predicted octanol–water partition coefficient (Wildman–Crippen LogP) is 3.41. The zero-order chi connectivity index (χ0) is 15.7. The van der Waals surface area contributed by atoms with Crippen molar-refractivity contribution in [3.8, 4) is 0 Å². The van der Waals surface area contributed by atoms with Crippen molar-refractivity contribution in [3.05, 3.63) is 64.2 Å². The van der Waals surface area contributed by atoms with E-state index >= 15 is 0 Å². The third-order valence-corrected chi connectivity index (χ3v) is 4.21. The van der Waals surface area contributed by atoms with Gasteiger partial charge in [-0.15, -0.1) is 0 Å². The molecule has 0 N–H and O–H groups in total. The molecule has 1 heterocycles. The van der Waals surface area contributed by atoms with Gasteiger partial charge in [-0.1, -0.05) is 12.1 Å². The van der Waals surface area contributed by atoms with Crippen LogP contribution in [-0.4, -0.2) is 19.6 Å². The van der Waals surface area contributed by atoms with E-state index in [-0.39, 0.29) is 10.8 Å². The highest BCUT2D eigenvalue weighted by molar-refractivity contribution is 8.14. The monoisotopic (exact) mass is 313 g/mol. The lowest BCUT2D eigenvalue weighted by molar-refractivity contribution is -0.384. The van der Waals surface area contributed by atoms with Crippen LogP contribution in [0.1, 0.15) is 10.4 Å². The maximum Gasteiger partial charge on any atom is 0.269 e. The fourth-order valence-corrected chi connectivity index (χ4v) is 2.87. The van der Waals surface area contributed by atoms with Gasteiger partial charge in [-0.25, -0.2) is 4.98 Å². The molecule has 110 valence electrons. The van der Waals surface area contributed by atoms with Crippen LogP contribution < -0.4 is 0 Å². The van der Waals surface area contributed by atoms with Gasteiger partial charge in [-0.05, 0) is 36.0 Å². The molecule has 0 saturated carbocycles. The molecule has 22 heavy (non-hydrogen) atoms. The van der Waals surface area contributed by atoms with Gasteiger partial charge in [0.25, 0.3) is 5.69 Å². The second-order valence-corrected chi connectivity index (χ2v) is 5.58. The molecule has 0 unspecified atom stereocenters. The van der Waals surface area contributed by atoms with Gasteiger partial charge in [0.1, 0.15) is 0 Å². The summed E-state index contributed by atoms with van der Waals surface area (Å²) in [5, 5.41) is 11.0. The molecule has 0 fully saturated rings. The maximum atomic E-state index is 12.3. The van der Waals surface area contributed by atoms with Gasteiger partial charge < -0.3 is 4.57 Å². The lowest BCUT2D eigenvalue weighted by atomic mass is 10.2. The summed E-state index contributed by atoms with van der Waals surface area (Å²) in [7, 11) is 1.85. The Hall–Kier alpha value is -2.67. The molecular weight excluding hydrogens is 302 g/mol. The van der Waals surface area contributed by atoms with Crippen LogP contribution in [0, 0.1) is 10.1 Å². The van der Waals surface area contributed by atoms with E-state index in [1.54, 1.807) is 0 Å². The molecule has 0 radical (unpaired) electrons. The molecule has 7 heteroatoms. The average molecular weight is 313 g/mol. The smallest absolute Gasteiger partial charge is 0.269 e. The Labute approximate surface area is 129 Å². The molecule has 3 rings (SSSR count). The molecule has 0 atom stereocenters. The molecular formula is C15H11N3O3S. The highest BCUT2D eigenvalue weighted by Gasteiger charge is 2.15. The molecule has 0 bridgehead atoms. The highest BCUT2D eigenvalue weighted by atomic mass is 32.2. The van der Waals surface area contributed by atoms with Crippen molar-refractivity contribution in [1.29, 1.82) is 0 Å². The molecule has 2 aromatic carbocycles. The predicted molar refractivity (Wildman–Crippen MR) is 84.0 cm³/mol. The summed E-state index contributed by atoms with van der Waals surface area (Å²) in [4.78, 5) is 26.8. The van der Waals surface area contributed by atoms with Crippen molar-refractivity contribution in [2.24, 2.45) is 7.05 Å². The average Bonchev–Trinajstić information content (AvgIpc) is 2.84. The summed E-state index contributed by atoms with van der Waals surface area (Å²) >= 11 is 1.01. The van der Waals surface area contributed by atoms with Crippen LogP contribution >= 0.6 is 11.8 Å². The van der Waals surface area contributed by atoms with Gasteiger partial charge in [0.05, 0.1) is 16.0 Å². The number of thioether (sulfide) groups is 1. The van der Waals surface area contributed by atoms with Crippen molar-refractivity contribution in [2.75, 3.05) is 0 Å². The summed E-state index contributed by atoms with van der Waals surface area (Å²) in [6.45, 7) is 0. The van der Waals surface area contributed by atoms with Crippen molar-refractivity contribution in [2.45, 2.75) is 5.16 Å². The van der Waals surface area contributed by atoms with E-state index in [1.807, 2.05) is 35.9 Å². The molecule has 6 nitrogen and oxygen atoms in total. The number of carbonyl (C=O) groups excluding carboxylic acids is 1. The maximum absolute atomic E-state index is 12.3. The Morgan fingerprint density at radius 2 is 1.86 bits per heavy atom. The first-order valence-electron chi connectivity index (χ1n) is 6.44. The van der Waals surface area contributed by atoms with Crippen molar-refractivity contribution >= 4 is 33.6 Å². The van der Waals surface area contributed by atoms with Crippen LogP contribution in [0.2, 0.25) is 0 Å². The van der Waals surface area contributed by atoms with Crippen LogP contribution in [0.5, 0.6) is 0 Å². The Morgan fingerprint density at radius 1 is 1.18 bits per heavy atom. The number of rotatable bonds is 3. The van der Waals surface area contributed by atoms with Gasteiger partial charge in [-0.2, -0.15) is 0 Å². The Kier molecular flexibility index (Phi) is 3.64. The standard InChI is InChI=1S/C15H11N3O3S/c1-17-13-5-3-2-4-12(13)16-15(17)22-14(19)10-6-8-11(9-7-10)18(20)21/h2-9H,1H3. The molecule has 3 aromatic rings. The van der Waals surface area contributed by atoms with Gasteiger partial charge in [0.15, 0.2) is 5.16 Å². The zero-order valence-electron chi connectivity index (χ0n) is 11.6. The summed E-state index contributed by atoms with van der Waals surface area (Å²) in [6.07, 6.45) is 0. The number of imidazole rings is 1. The van der Waals surface area contributed by atoms with E-state index in [0.717, 1.165) is 22.8 Å². The van der Waals surface area contributed by atoms with E-state index in [2.05, 4.69) is 4.98 Å². The summed E-state index contributed by atoms with van der Waals surface area (Å²) in [5.41, 5.74) is 2.14. The van der Waals surface area contributed by atoms with Gasteiger partial charge >= 0.3 is 0 Å². The molecule has 1 aromatic heterocycles. The van der Waals surface area contributed by atoms with Crippen molar-refractivity contribution < 1.29 is 9.72 Å². The third-order valence-electron chi connectivity index (χ3n) is 3.24. The minimum Gasteiger partial charge on any atom is -0.322 e. The Morgan fingerprint density at radius 3 is 2.50 bits per heavy atom. The van der Waals surface area contributed by atoms with E-state index in [9.17, 15) is 14.9 Å². The second kappa shape index (κ2) is 5.61. The van der Waals surface area contributed by atoms with Crippen LogP contribution in [0.4, 0.5) is 5.69 Å². The number of aromatic nitrogens is 2. The van der Waals surface area contributed by atoms with E-state index in [1.165, 1.54) is 24.3 Å². The van der Waals surface area contributed by atoms with E-state index in [4.69, 9.17) is 0 Å². The molecule has 0 saturated heterocycles. The first kappa shape index (κ1) is 14.3. The minimum atomic E-state index is -0.493. The number of hydrogen-bond donors (Lipinski definition) is 0. The van der Waals surface area contributed by atoms with Crippen molar-refractivity contribution in [3.63, 3.8) is 0 Å². The summed E-state index contributed by atoms with van der Waals surface area (Å²) in [5.74, 6) is 0. The SMILES string of the molecule is Cn1c(SC(=O)c2ccc([N+](=O)[O-])cc2)nc2ccccc21.